The molecule has 0 bridgehead atoms. The molecule has 1 heterocycles. The Bertz CT molecular complexity index is 519. The topological polar surface area (TPSA) is 17.1 Å². The molecule has 0 amide bonds. The van der Waals surface area contributed by atoms with Crippen LogP contribution in [0.2, 0.25) is 0 Å². The van der Waals surface area contributed by atoms with Gasteiger partial charge in [0.2, 0.25) is 0 Å². The summed E-state index contributed by atoms with van der Waals surface area (Å²) in [4.78, 5) is 11.7. The summed E-state index contributed by atoms with van der Waals surface area (Å²) in [5.41, 5.74) is 2.04. The monoisotopic (exact) mass is 407 g/mol. The summed E-state index contributed by atoms with van der Waals surface area (Å²) in [6.07, 6.45) is 0. The number of carbonyl (C=O) groups is 1. The molecule has 4 heteroatoms. The van der Waals surface area contributed by atoms with E-state index in [9.17, 15) is 4.79 Å². The Balaban J connectivity index is 0.00000112. The van der Waals surface area contributed by atoms with Crippen molar-refractivity contribution in [1.82, 2.24) is 0 Å². The molecule has 15 heavy (non-hydrogen) atoms. The van der Waals surface area contributed by atoms with Crippen LogP contribution in [0.15, 0.2) is 12.1 Å². The number of aryl methyl sites for hydroxylation is 2. The van der Waals surface area contributed by atoms with Gasteiger partial charge in [-0.1, -0.05) is 17.2 Å². The molecule has 0 aliphatic rings. The van der Waals surface area contributed by atoms with E-state index in [0.717, 1.165) is 21.2 Å². The molecular weight excluding hydrogens is 399 g/mol. The van der Waals surface area contributed by atoms with Gasteiger partial charge in [0.05, 0.1) is 4.88 Å². The van der Waals surface area contributed by atoms with Crippen molar-refractivity contribution in [3.63, 3.8) is 0 Å². The molecule has 0 aliphatic heterocycles. The molecule has 2 rings (SSSR count). The van der Waals surface area contributed by atoms with E-state index in [1.165, 1.54) is 11.3 Å². The maximum absolute atomic E-state index is 11.1. The van der Waals surface area contributed by atoms with Gasteiger partial charge in [0.15, 0.2) is 0 Å². The van der Waals surface area contributed by atoms with Crippen molar-refractivity contribution in [2.24, 2.45) is 0 Å². The molecule has 0 unspecified atom stereocenters. The van der Waals surface area contributed by atoms with Crippen molar-refractivity contribution in [3.05, 3.63) is 34.2 Å². The van der Waals surface area contributed by atoms with Gasteiger partial charge >= 0.3 is 0 Å². The molecular formula is C11H8ClOSW-. The standard InChI is InChI=1S/C11H8ClOS.W/c1-6-3-4-8-7(2)10(11(12)13)14-9(8)5-6;/h4-5H,1-2H3;/q-1;. The largest absolute Gasteiger partial charge is 0.275 e. The van der Waals surface area contributed by atoms with Crippen LogP contribution in [0.1, 0.15) is 20.8 Å². The third-order valence-electron chi connectivity index (χ3n) is 2.19. The fourth-order valence-electron chi connectivity index (χ4n) is 1.45. The summed E-state index contributed by atoms with van der Waals surface area (Å²) < 4.78 is 1.10. The predicted octanol–water partition coefficient (Wildman–Crippen LogP) is 3.69. The average Bonchev–Trinajstić information content (AvgIpc) is 2.43. The number of hydrogen-bond acceptors (Lipinski definition) is 2. The first-order chi connectivity index (χ1) is 6.59. The van der Waals surface area contributed by atoms with E-state index in [2.05, 4.69) is 6.07 Å². The van der Waals surface area contributed by atoms with Gasteiger partial charge < -0.3 is 0 Å². The van der Waals surface area contributed by atoms with E-state index in [1.54, 1.807) is 0 Å². The molecule has 0 saturated heterocycles. The average molecular weight is 408 g/mol. The summed E-state index contributed by atoms with van der Waals surface area (Å²) in [6.45, 7) is 3.90. The predicted molar refractivity (Wildman–Crippen MR) is 60.3 cm³/mol. The van der Waals surface area contributed by atoms with Gasteiger partial charge in [-0.05, 0) is 18.5 Å². The molecule has 1 aromatic heterocycles. The van der Waals surface area contributed by atoms with Gasteiger partial charge in [-0.25, -0.2) is 0 Å². The number of thiophene rings is 1. The van der Waals surface area contributed by atoms with Crippen LogP contribution in [-0.4, -0.2) is 5.24 Å². The van der Waals surface area contributed by atoms with E-state index in [4.69, 9.17) is 11.6 Å². The van der Waals surface area contributed by atoms with Gasteiger partial charge in [-0.3, -0.25) is 4.79 Å². The number of benzene rings is 1. The molecule has 0 spiro atoms. The molecule has 78 valence electrons. The normalized spacial score (nSPS) is 10.1. The first-order valence-electron chi connectivity index (χ1n) is 4.21. The molecule has 0 N–H and O–H groups in total. The van der Waals surface area contributed by atoms with Crippen molar-refractivity contribution < 1.29 is 25.9 Å². The summed E-state index contributed by atoms with van der Waals surface area (Å²) in [6, 6.07) is 7.06. The van der Waals surface area contributed by atoms with Crippen LogP contribution < -0.4 is 0 Å². The Hall–Kier alpha value is -0.172. The smallest absolute Gasteiger partial charge is 0.261 e. The Morgan fingerprint density at radius 1 is 1.47 bits per heavy atom. The van der Waals surface area contributed by atoms with E-state index < -0.39 is 0 Å². The SMILES string of the molecule is Cc1[c-]cc2c(C)c(C(=O)Cl)sc2c1.[W]. The molecule has 2 aromatic rings. The van der Waals surface area contributed by atoms with Gasteiger partial charge in [0.1, 0.15) is 0 Å². The Morgan fingerprint density at radius 3 is 2.73 bits per heavy atom. The zero-order valence-electron chi connectivity index (χ0n) is 8.26. The van der Waals surface area contributed by atoms with Crippen LogP contribution in [0.5, 0.6) is 0 Å². The van der Waals surface area contributed by atoms with E-state index in [0.29, 0.717) is 4.88 Å². The third-order valence-corrected chi connectivity index (χ3v) is 3.75. The van der Waals surface area contributed by atoms with Crippen molar-refractivity contribution in [1.29, 1.82) is 0 Å². The van der Waals surface area contributed by atoms with Crippen LogP contribution in [0, 0.1) is 19.9 Å². The second kappa shape index (κ2) is 4.78. The maximum atomic E-state index is 11.1. The number of carbonyl (C=O) groups excluding carboxylic acids is 1. The molecule has 0 aliphatic carbocycles. The van der Waals surface area contributed by atoms with E-state index in [1.807, 2.05) is 26.0 Å². The summed E-state index contributed by atoms with van der Waals surface area (Å²) in [5.74, 6) is 0. The van der Waals surface area contributed by atoms with Crippen molar-refractivity contribution >= 4 is 38.3 Å². The van der Waals surface area contributed by atoms with Crippen LogP contribution in [0.3, 0.4) is 0 Å². The second-order valence-electron chi connectivity index (χ2n) is 3.22. The van der Waals surface area contributed by atoms with E-state index >= 15 is 0 Å². The minimum absolute atomic E-state index is 0. The third kappa shape index (κ3) is 2.33. The van der Waals surface area contributed by atoms with Crippen LogP contribution >= 0.6 is 22.9 Å². The Labute approximate surface area is 112 Å². The van der Waals surface area contributed by atoms with Gasteiger partial charge in [0.25, 0.3) is 5.24 Å². The van der Waals surface area contributed by atoms with Crippen molar-refractivity contribution in [2.75, 3.05) is 0 Å². The summed E-state index contributed by atoms with van der Waals surface area (Å²) in [7, 11) is 0. The van der Waals surface area contributed by atoms with Crippen LogP contribution in [0.4, 0.5) is 0 Å². The van der Waals surface area contributed by atoms with Gasteiger partial charge in [0, 0.05) is 21.1 Å². The number of rotatable bonds is 1. The minimum Gasteiger partial charge on any atom is -0.275 e. The first kappa shape index (κ1) is 12.9. The summed E-state index contributed by atoms with van der Waals surface area (Å²) >= 11 is 6.93. The van der Waals surface area contributed by atoms with Gasteiger partial charge in [-0.15, -0.1) is 5.39 Å². The zero-order chi connectivity index (χ0) is 10.3. The number of fused-ring (bicyclic) bond motifs is 1. The Morgan fingerprint density at radius 2 is 2.13 bits per heavy atom. The number of halogens is 1. The van der Waals surface area contributed by atoms with E-state index in [-0.39, 0.29) is 26.3 Å². The number of hydrogen-bond donors (Lipinski definition) is 0. The molecule has 1 nitrogen and oxygen atoms in total. The van der Waals surface area contributed by atoms with Crippen molar-refractivity contribution in [3.8, 4) is 0 Å². The molecule has 0 atom stereocenters. The fourth-order valence-corrected chi connectivity index (χ4v) is 2.83. The van der Waals surface area contributed by atoms with Crippen LogP contribution in [-0.2, 0) is 21.1 Å². The molecule has 0 radical (unpaired) electrons. The minimum atomic E-state index is -0.374. The fraction of sp³-hybridized carbons (Fsp3) is 0.182. The first-order valence-corrected chi connectivity index (χ1v) is 5.40. The second-order valence-corrected chi connectivity index (χ2v) is 4.62. The van der Waals surface area contributed by atoms with Gasteiger partial charge in [-0.2, -0.15) is 35.1 Å². The molecule has 0 saturated carbocycles. The van der Waals surface area contributed by atoms with Crippen LogP contribution in [0.25, 0.3) is 10.1 Å². The van der Waals surface area contributed by atoms with Crippen molar-refractivity contribution in [2.45, 2.75) is 13.8 Å². The zero-order valence-corrected chi connectivity index (χ0v) is 12.8. The molecule has 0 fully saturated rings. The quantitative estimate of drug-likeness (QED) is 0.521. The molecule has 1 aromatic carbocycles. The maximum Gasteiger partial charge on any atom is 0.261 e. The Kier molecular flexibility index (Phi) is 4.11. The summed E-state index contributed by atoms with van der Waals surface area (Å²) in [5, 5.41) is 0.700.